The predicted octanol–water partition coefficient (Wildman–Crippen LogP) is 3.22. The van der Waals surface area contributed by atoms with Crippen molar-refractivity contribution in [1.82, 2.24) is 10.2 Å². The van der Waals surface area contributed by atoms with Gasteiger partial charge in [-0.2, -0.15) is 5.26 Å². The molecule has 0 amide bonds. The van der Waals surface area contributed by atoms with E-state index in [1.165, 1.54) is 5.56 Å². The van der Waals surface area contributed by atoms with Gasteiger partial charge in [-0.25, -0.2) is 4.99 Å². The van der Waals surface area contributed by atoms with Crippen LogP contribution in [0.2, 0.25) is 0 Å². The normalized spacial score (nSPS) is 10.9. The molecule has 0 atom stereocenters. The number of aliphatic imine (C=N–C) groups is 1. The van der Waals surface area contributed by atoms with Crippen molar-refractivity contribution in [3.8, 4) is 17.6 Å². The molecule has 0 radical (unpaired) electrons. The Hall–Kier alpha value is -3.20. The van der Waals surface area contributed by atoms with Crippen LogP contribution in [-0.2, 0) is 13.0 Å². The molecule has 0 spiro atoms. The molecular weight excluding hydrogens is 352 g/mol. The minimum atomic E-state index is 0.526. The van der Waals surface area contributed by atoms with Crippen LogP contribution >= 0.6 is 0 Å². The molecule has 0 aliphatic carbocycles. The zero-order chi connectivity index (χ0) is 20.4. The molecule has 0 aliphatic rings. The van der Waals surface area contributed by atoms with Gasteiger partial charge in [-0.3, -0.25) is 0 Å². The summed E-state index contributed by atoms with van der Waals surface area (Å²) >= 11 is 0. The van der Waals surface area contributed by atoms with Crippen molar-refractivity contribution in [1.29, 1.82) is 5.26 Å². The van der Waals surface area contributed by atoms with Crippen LogP contribution in [0.15, 0.2) is 47.5 Å². The minimum Gasteiger partial charge on any atom is -0.493 e. The first-order valence-electron chi connectivity index (χ1n) is 9.30. The van der Waals surface area contributed by atoms with Crippen molar-refractivity contribution in [2.75, 3.05) is 34.4 Å². The summed E-state index contributed by atoms with van der Waals surface area (Å²) < 4.78 is 10.7. The number of likely N-dealkylation sites (N-methyl/N-ethyl adjacent to an activating group) is 1. The molecule has 0 aliphatic heterocycles. The van der Waals surface area contributed by atoms with Gasteiger partial charge >= 0.3 is 0 Å². The average molecular weight is 380 g/mol. The number of nitriles is 1. The number of hydrogen-bond donors (Lipinski definition) is 1. The minimum absolute atomic E-state index is 0.526. The molecule has 0 aromatic heterocycles. The van der Waals surface area contributed by atoms with E-state index in [1.807, 2.05) is 50.4 Å². The molecule has 0 heterocycles. The molecule has 0 saturated carbocycles. The number of guanidine groups is 1. The van der Waals surface area contributed by atoms with Crippen LogP contribution in [-0.4, -0.2) is 45.2 Å². The largest absolute Gasteiger partial charge is 0.493 e. The van der Waals surface area contributed by atoms with Gasteiger partial charge in [-0.1, -0.05) is 18.2 Å². The van der Waals surface area contributed by atoms with E-state index in [2.05, 4.69) is 16.3 Å². The molecule has 2 aromatic carbocycles. The highest BCUT2D eigenvalue weighted by Crippen LogP contribution is 2.27. The third-order valence-corrected chi connectivity index (χ3v) is 4.35. The maximum atomic E-state index is 9.04. The topological polar surface area (TPSA) is 69.9 Å². The molecule has 1 N–H and O–H groups in total. The Morgan fingerprint density at radius 3 is 2.57 bits per heavy atom. The number of hydrogen-bond acceptors (Lipinski definition) is 4. The highest BCUT2D eigenvalue weighted by molar-refractivity contribution is 5.79. The second-order valence-electron chi connectivity index (χ2n) is 6.34. The van der Waals surface area contributed by atoms with Gasteiger partial charge in [-0.15, -0.1) is 0 Å². The fourth-order valence-corrected chi connectivity index (χ4v) is 2.81. The van der Waals surface area contributed by atoms with Gasteiger partial charge in [0.2, 0.25) is 0 Å². The quantitative estimate of drug-likeness (QED) is 0.562. The Morgan fingerprint density at radius 1 is 1.11 bits per heavy atom. The van der Waals surface area contributed by atoms with E-state index >= 15 is 0 Å². The summed E-state index contributed by atoms with van der Waals surface area (Å²) in [4.78, 5) is 6.82. The van der Waals surface area contributed by atoms with Gasteiger partial charge in [0.15, 0.2) is 17.5 Å². The van der Waals surface area contributed by atoms with Crippen LogP contribution < -0.4 is 14.8 Å². The molecule has 6 heteroatoms. The van der Waals surface area contributed by atoms with Gasteiger partial charge in [-0.05, 0) is 48.7 Å². The lowest BCUT2D eigenvalue weighted by Crippen LogP contribution is -2.39. The molecule has 148 valence electrons. The van der Waals surface area contributed by atoms with Crippen LogP contribution in [0.5, 0.6) is 11.5 Å². The molecule has 28 heavy (non-hydrogen) atoms. The first kappa shape index (κ1) is 21.1. The van der Waals surface area contributed by atoms with E-state index in [0.717, 1.165) is 42.5 Å². The Kier molecular flexibility index (Phi) is 8.16. The number of benzene rings is 2. The Bertz CT molecular complexity index is 843. The van der Waals surface area contributed by atoms with Gasteiger partial charge in [0.05, 0.1) is 32.4 Å². The molecule has 0 saturated heterocycles. The third-order valence-electron chi connectivity index (χ3n) is 4.35. The Morgan fingerprint density at radius 2 is 1.89 bits per heavy atom. The van der Waals surface area contributed by atoms with Crippen molar-refractivity contribution < 1.29 is 9.47 Å². The second-order valence-corrected chi connectivity index (χ2v) is 6.34. The zero-order valence-corrected chi connectivity index (χ0v) is 17.0. The second kappa shape index (κ2) is 10.8. The molecule has 2 rings (SSSR count). The van der Waals surface area contributed by atoms with E-state index in [9.17, 15) is 0 Å². The summed E-state index contributed by atoms with van der Waals surface area (Å²) in [5.41, 5.74) is 2.84. The molecule has 0 unspecified atom stereocenters. The van der Waals surface area contributed by atoms with E-state index in [1.54, 1.807) is 20.3 Å². The standard InChI is InChI=1S/C22H28N4O2/c1-5-24-22(25-16-19-8-6-7-18(13-19)15-23)26(2)12-11-17-9-10-20(27-3)21(14-17)28-4/h6-10,13-14H,5,11-12,16H2,1-4H3,(H,24,25). The maximum Gasteiger partial charge on any atom is 0.193 e. The number of nitrogens with zero attached hydrogens (tertiary/aromatic N) is 3. The van der Waals surface area contributed by atoms with Crippen LogP contribution in [0.4, 0.5) is 0 Å². The molecule has 0 fully saturated rings. The molecule has 2 aromatic rings. The number of rotatable bonds is 8. The van der Waals surface area contributed by atoms with Crippen LogP contribution in [0.25, 0.3) is 0 Å². The molecular formula is C22H28N4O2. The molecule has 0 bridgehead atoms. The van der Waals surface area contributed by atoms with Crippen LogP contribution in [0, 0.1) is 11.3 Å². The summed E-state index contributed by atoms with van der Waals surface area (Å²) in [6.45, 7) is 4.17. The van der Waals surface area contributed by atoms with Gasteiger partial charge < -0.3 is 19.7 Å². The fourth-order valence-electron chi connectivity index (χ4n) is 2.81. The van der Waals surface area contributed by atoms with Crippen LogP contribution in [0.1, 0.15) is 23.6 Å². The number of ether oxygens (including phenoxy) is 2. The fraction of sp³-hybridized carbons (Fsp3) is 0.364. The Labute approximate surface area is 167 Å². The zero-order valence-electron chi connectivity index (χ0n) is 17.0. The summed E-state index contributed by atoms with van der Waals surface area (Å²) in [7, 11) is 5.30. The van der Waals surface area contributed by atoms with Crippen molar-refractivity contribution in [3.05, 3.63) is 59.2 Å². The highest BCUT2D eigenvalue weighted by atomic mass is 16.5. The van der Waals surface area contributed by atoms with Crippen LogP contribution in [0.3, 0.4) is 0 Å². The first-order valence-corrected chi connectivity index (χ1v) is 9.30. The molecule has 6 nitrogen and oxygen atoms in total. The SMILES string of the molecule is CCNC(=NCc1cccc(C#N)c1)N(C)CCc1ccc(OC)c(OC)c1. The van der Waals surface area contributed by atoms with Gasteiger partial charge in [0.1, 0.15) is 0 Å². The van der Waals surface area contributed by atoms with Crippen molar-refractivity contribution >= 4 is 5.96 Å². The third kappa shape index (κ3) is 5.92. The lowest BCUT2D eigenvalue weighted by molar-refractivity contribution is 0.354. The van der Waals surface area contributed by atoms with Crippen molar-refractivity contribution in [3.63, 3.8) is 0 Å². The maximum absolute atomic E-state index is 9.04. The van der Waals surface area contributed by atoms with E-state index < -0.39 is 0 Å². The lowest BCUT2D eigenvalue weighted by atomic mass is 10.1. The number of nitrogens with one attached hydrogen (secondary N) is 1. The summed E-state index contributed by atoms with van der Waals surface area (Å²) in [6.07, 6.45) is 0.852. The monoisotopic (exact) mass is 380 g/mol. The predicted molar refractivity (Wildman–Crippen MR) is 112 cm³/mol. The smallest absolute Gasteiger partial charge is 0.193 e. The van der Waals surface area contributed by atoms with E-state index in [-0.39, 0.29) is 0 Å². The lowest BCUT2D eigenvalue weighted by Gasteiger charge is -2.22. The van der Waals surface area contributed by atoms with Crippen molar-refractivity contribution in [2.45, 2.75) is 19.9 Å². The van der Waals surface area contributed by atoms with Crippen molar-refractivity contribution in [2.24, 2.45) is 4.99 Å². The summed E-state index contributed by atoms with van der Waals surface area (Å²) in [6, 6.07) is 15.7. The number of methoxy groups -OCH3 is 2. The van der Waals surface area contributed by atoms with E-state index in [0.29, 0.717) is 12.1 Å². The summed E-state index contributed by atoms with van der Waals surface area (Å²) in [5, 5.41) is 12.4. The average Bonchev–Trinajstić information content (AvgIpc) is 2.74. The summed E-state index contributed by atoms with van der Waals surface area (Å²) in [5.74, 6) is 2.31. The van der Waals surface area contributed by atoms with E-state index in [4.69, 9.17) is 19.7 Å². The Balaban J connectivity index is 2.03. The van der Waals surface area contributed by atoms with Gasteiger partial charge in [0.25, 0.3) is 0 Å². The van der Waals surface area contributed by atoms with Gasteiger partial charge in [0, 0.05) is 20.1 Å². The first-order chi connectivity index (χ1) is 13.6. The highest BCUT2D eigenvalue weighted by Gasteiger charge is 2.08.